The molecule has 0 heterocycles. The number of hydrogen-bond acceptors (Lipinski definition) is 3. The Morgan fingerprint density at radius 3 is 2.12 bits per heavy atom. The zero-order valence-corrected chi connectivity index (χ0v) is 11.0. The molecule has 6 heteroatoms. The van der Waals surface area contributed by atoms with E-state index in [4.69, 9.17) is 5.11 Å². The molecule has 3 N–H and O–H groups in total. The highest BCUT2D eigenvalue weighted by Crippen LogP contribution is 2.14. The normalized spacial score (nSPS) is 11.4. The van der Waals surface area contributed by atoms with Crippen LogP contribution in [0.25, 0.3) is 0 Å². The minimum absolute atomic E-state index is 0.361. The third kappa shape index (κ3) is 5.04. The molecule has 2 amide bonds. The van der Waals surface area contributed by atoms with Gasteiger partial charge in [-0.05, 0) is 26.9 Å². The molecule has 0 saturated heterocycles. The Bertz CT molecular complexity index is 263. The van der Waals surface area contributed by atoms with Gasteiger partial charge in [0.1, 0.15) is 5.54 Å². The SMILES string of the molecule is CCC(CC)(NC(=O)NCCN(C)C)C(=O)O. The minimum Gasteiger partial charge on any atom is -0.480 e. The number of carbonyl (C=O) groups excluding carboxylic acids is 1. The van der Waals surface area contributed by atoms with Crippen molar-refractivity contribution in [3.05, 3.63) is 0 Å². The highest BCUT2D eigenvalue weighted by atomic mass is 16.4. The quantitative estimate of drug-likeness (QED) is 0.609. The molecule has 0 saturated carbocycles. The largest absolute Gasteiger partial charge is 0.480 e. The fourth-order valence-electron chi connectivity index (χ4n) is 1.44. The van der Waals surface area contributed by atoms with Crippen LogP contribution in [0.5, 0.6) is 0 Å². The summed E-state index contributed by atoms with van der Waals surface area (Å²) >= 11 is 0. The number of aliphatic carboxylic acids is 1. The van der Waals surface area contributed by atoms with Gasteiger partial charge in [0.15, 0.2) is 0 Å². The van der Waals surface area contributed by atoms with Gasteiger partial charge in [-0.2, -0.15) is 0 Å². The zero-order valence-electron chi connectivity index (χ0n) is 11.0. The summed E-state index contributed by atoms with van der Waals surface area (Å²) in [6.45, 7) is 4.70. The molecule has 0 aliphatic carbocycles. The van der Waals surface area contributed by atoms with Gasteiger partial charge in [-0.15, -0.1) is 0 Å². The number of nitrogens with one attached hydrogen (secondary N) is 2. The van der Waals surface area contributed by atoms with Crippen molar-refractivity contribution in [2.45, 2.75) is 32.2 Å². The first-order valence-electron chi connectivity index (χ1n) is 5.82. The summed E-state index contributed by atoms with van der Waals surface area (Å²) < 4.78 is 0. The third-order valence-electron chi connectivity index (χ3n) is 2.81. The fraction of sp³-hybridized carbons (Fsp3) is 0.818. The van der Waals surface area contributed by atoms with E-state index in [0.29, 0.717) is 25.9 Å². The van der Waals surface area contributed by atoms with E-state index in [1.807, 2.05) is 19.0 Å². The van der Waals surface area contributed by atoms with Crippen LogP contribution >= 0.6 is 0 Å². The molecule has 0 fully saturated rings. The zero-order chi connectivity index (χ0) is 13.5. The van der Waals surface area contributed by atoms with Crippen LogP contribution in [0, 0.1) is 0 Å². The van der Waals surface area contributed by atoms with Gasteiger partial charge in [-0.25, -0.2) is 9.59 Å². The summed E-state index contributed by atoms with van der Waals surface area (Å²) in [7, 11) is 3.80. The summed E-state index contributed by atoms with van der Waals surface area (Å²) in [6, 6.07) is -0.432. The van der Waals surface area contributed by atoms with Gasteiger partial charge in [-0.1, -0.05) is 13.8 Å². The second kappa shape index (κ2) is 7.11. The van der Waals surface area contributed by atoms with Crippen molar-refractivity contribution >= 4 is 12.0 Å². The van der Waals surface area contributed by atoms with Crippen LogP contribution in [0.1, 0.15) is 26.7 Å². The molecule has 0 radical (unpaired) electrons. The molecule has 0 bridgehead atoms. The molecule has 0 aromatic heterocycles. The van der Waals surface area contributed by atoms with Crippen molar-refractivity contribution in [2.75, 3.05) is 27.2 Å². The van der Waals surface area contributed by atoms with Crippen molar-refractivity contribution in [1.29, 1.82) is 0 Å². The van der Waals surface area contributed by atoms with Crippen LogP contribution < -0.4 is 10.6 Å². The summed E-state index contributed by atoms with van der Waals surface area (Å²) in [4.78, 5) is 24.6. The fourth-order valence-corrected chi connectivity index (χ4v) is 1.44. The Labute approximate surface area is 102 Å². The monoisotopic (exact) mass is 245 g/mol. The second-order valence-corrected chi connectivity index (χ2v) is 4.28. The second-order valence-electron chi connectivity index (χ2n) is 4.28. The molecule has 0 aliphatic rings. The Morgan fingerprint density at radius 2 is 1.76 bits per heavy atom. The smallest absolute Gasteiger partial charge is 0.329 e. The number of urea groups is 1. The molecule has 0 aromatic rings. The number of likely N-dealkylation sites (N-methyl/N-ethyl adjacent to an activating group) is 1. The summed E-state index contributed by atoms with van der Waals surface area (Å²) in [5.74, 6) is -0.995. The first kappa shape index (κ1) is 15.7. The van der Waals surface area contributed by atoms with Gasteiger partial charge in [0.2, 0.25) is 0 Å². The molecule has 17 heavy (non-hydrogen) atoms. The van der Waals surface area contributed by atoms with E-state index in [-0.39, 0.29) is 0 Å². The Hall–Kier alpha value is -1.30. The molecule has 0 aromatic carbocycles. The van der Waals surface area contributed by atoms with Gasteiger partial charge in [0.25, 0.3) is 0 Å². The predicted molar refractivity (Wildman–Crippen MR) is 66.0 cm³/mol. The van der Waals surface area contributed by atoms with Crippen LogP contribution in [0.4, 0.5) is 4.79 Å². The first-order chi connectivity index (χ1) is 7.88. The number of rotatable bonds is 7. The van der Waals surface area contributed by atoms with Crippen molar-refractivity contribution in [1.82, 2.24) is 15.5 Å². The summed E-state index contributed by atoms with van der Waals surface area (Å²) in [5, 5.41) is 14.3. The van der Waals surface area contributed by atoms with Gasteiger partial charge >= 0.3 is 12.0 Å². The first-order valence-corrected chi connectivity index (χ1v) is 5.82. The summed E-state index contributed by atoms with van der Waals surface area (Å²) in [6.07, 6.45) is 0.722. The van der Waals surface area contributed by atoms with E-state index in [1.54, 1.807) is 13.8 Å². The molecular weight excluding hydrogens is 222 g/mol. The molecule has 0 aliphatic heterocycles. The molecule has 0 spiro atoms. The van der Waals surface area contributed by atoms with Crippen LogP contribution in [-0.2, 0) is 4.79 Å². The number of nitrogens with zero attached hydrogens (tertiary/aromatic N) is 1. The van der Waals surface area contributed by atoms with Crippen molar-refractivity contribution in [3.63, 3.8) is 0 Å². The number of hydrogen-bond donors (Lipinski definition) is 3. The van der Waals surface area contributed by atoms with E-state index in [2.05, 4.69) is 10.6 Å². The summed E-state index contributed by atoms with van der Waals surface area (Å²) in [5.41, 5.74) is -1.16. The number of carboxylic acid groups (broad SMARTS) is 1. The minimum atomic E-state index is -1.16. The van der Waals surface area contributed by atoms with E-state index in [1.165, 1.54) is 0 Å². The van der Waals surface area contributed by atoms with Crippen LogP contribution in [0.3, 0.4) is 0 Å². The molecule has 0 unspecified atom stereocenters. The van der Waals surface area contributed by atoms with Gasteiger partial charge < -0.3 is 20.6 Å². The average Bonchev–Trinajstić information content (AvgIpc) is 2.25. The molecule has 6 nitrogen and oxygen atoms in total. The standard InChI is InChI=1S/C11H23N3O3/c1-5-11(6-2,9(15)16)13-10(17)12-7-8-14(3)4/h5-8H2,1-4H3,(H,15,16)(H2,12,13,17). The van der Waals surface area contributed by atoms with Crippen LogP contribution in [0.15, 0.2) is 0 Å². The Kier molecular flexibility index (Phi) is 6.57. The molecular formula is C11H23N3O3. The van der Waals surface area contributed by atoms with Crippen molar-refractivity contribution in [2.24, 2.45) is 0 Å². The number of carbonyl (C=O) groups is 2. The lowest BCUT2D eigenvalue weighted by Gasteiger charge is -2.28. The highest BCUT2D eigenvalue weighted by molar-refractivity contribution is 5.86. The van der Waals surface area contributed by atoms with E-state index < -0.39 is 17.5 Å². The lowest BCUT2D eigenvalue weighted by atomic mass is 9.93. The maximum absolute atomic E-state index is 11.6. The van der Waals surface area contributed by atoms with Crippen LogP contribution in [-0.4, -0.2) is 54.7 Å². The highest BCUT2D eigenvalue weighted by Gasteiger charge is 2.36. The predicted octanol–water partition coefficient (Wildman–Crippen LogP) is 0.491. The van der Waals surface area contributed by atoms with Gasteiger partial charge in [-0.3, -0.25) is 0 Å². The lowest BCUT2D eigenvalue weighted by molar-refractivity contribution is -0.144. The Balaban J connectivity index is 4.28. The number of carboxylic acids is 1. The van der Waals surface area contributed by atoms with E-state index in [9.17, 15) is 9.59 Å². The van der Waals surface area contributed by atoms with Crippen molar-refractivity contribution < 1.29 is 14.7 Å². The topological polar surface area (TPSA) is 81.7 Å². The third-order valence-corrected chi connectivity index (χ3v) is 2.81. The van der Waals surface area contributed by atoms with Gasteiger partial charge in [0.05, 0.1) is 0 Å². The maximum Gasteiger partial charge on any atom is 0.329 e. The van der Waals surface area contributed by atoms with E-state index >= 15 is 0 Å². The van der Waals surface area contributed by atoms with Crippen LogP contribution in [0.2, 0.25) is 0 Å². The van der Waals surface area contributed by atoms with Crippen molar-refractivity contribution in [3.8, 4) is 0 Å². The lowest BCUT2D eigenvalue weighted by Crippen LogP contribution is -2.56. The maximum atomic E-state index is 11.6. The Morgan fingerprint density at radius 1 is 1.24 bits per heavy atom. The molecule has 0 atom stereocenters. The number of amides is 2. The molecule has 100 valence electrons. The van der Waals surface area contributed by atoms with E-state index in [0.717, 1.165) is 0 Å². The molecule has 0 rings (SSSR count). The van der Waals surface area contributed by atoms with Gasteiger partial charge in [0, 0.05) is 13.1 Å². The average molecular weight is 245 g/mol.